The fourth-order valence-corrected chi connectivity index (χ4v) is 5.37. The Hall–Kier alpha value is -3.89. The van der Waals surface area contributed by atoms with Crippen LogP contribution in [0.3, 0.4) is 0 Å². The summed E-state index contributed by atoms with van der Waals surface area (Å²) in [7, 11) is 2.81. The summed E-state index contributed by atoms with van der Waals surface area (Å²) in [5.41, 5.74) is 5.50. The molecule has 0 spiro atoms. The molecule has 0 saturated carbocycles. The molecule has 4 rings (SSSR count). The Morgan fingerprint density at radius 3 is 2.50 bits per heavy atom. The van der Waals surface area contributed by atoms with Gasteiger partial charge in [0.1, 0.15) is 11.6 Å². The molecular formula is C27H26ClN3O6S. The second kappa shape index (κ2) is 12.1. The van der Waals surface area contributed by atoms with Crippen LogP contribution in [0.4, 0.5) is 5.00 Å². The number of nitrogens with zero attached hydrogens (tertiary/aromatic N) is 1. The van der Waals surface area contributed by atoms with Crippen molar-refractivity contribution in [3.63, 3.8) is 0 Å². The van der Waals surface area contributed by atoms with Crippen molar-refractivity contribution in [1.29, 1.82) is 0 Å². The first-order chi connectivity index (χ1) is 18.3. The van der Waals surface area contributed by atoms with Gasteiger partial charge in [0, 0.05) is 15.5 Å². The zero-order chi connectivity index (χ0) is 27.2. The molecule has 38 heavy (non-hydrogen) atoms. The maximum absolute atomic E-state index is 12.5. The molecule has 0 fully saturated rings. The van der Waals surface area contributed by atoms with E-state index in [0.29, 0.717) is 45.0 Å². The summed E-state index contributed by atoms with van der Waals surface area (Å²) in [5.74, 6) is -1.43. The van der Waals surface area contributed by atoms with Crippen molar-refractivity contribution in [2.24, 2.45) is 5.10 Å². The van der Waals surface area contributed by atoms with Crippen LogP contribution in [0.1, 0.15) is 45.3 Å². The van der Waals surface area contributed by atoms with Gasteiger partial charge in [-0.05, 0) is 67.6 Å². The van der Waals surface area contributed by atoms with Crippen LogP contribution in [0, 0.1) is 0 Å². The van der Waals surface area contributed by atoms with Crippen molar-refractivity contribution in [2.75, 3.05) is 19.5 Å². The number of rotatable bonds is 8. The van der Waals surface area contributed by atoms with Crippen LogP contribution < -0.4 is 20.2 Å². The van der Waals surface area contributed by atoms with Gasteiger partial charge in [0.2, 0.25) is 0 Å². The molecule has 0 unspecified atom stereocenters. The number of methoxy groups -OCH3 is 2. The number of carbonyl (C=O) groups excluding carboxylic acids is 3. The highest BCUT2D eigenvalue weighted by Gasteiger charge is 2.29. The summed E-state index contributed by atoms with van der Waals surface area (Å²) in [6.07, 6.45) is 2.49. The summed E-state index contributed by atoms with van der Waals surface area (Å²) in [5, 5.41) is 7.53. The first kappa shape index (κ1) is 27.2. The lowest BCUT2D eigenvalue weighted by molar-refractivity contribution is -0.136. The summed E-state index contributed by atoms with van der Waals surface area (Å²) in [4.78, 5) is 38.2. The predicted molar refractivity (Wildman–Crippen MR) is 145 cm³/mol. The van der Waals surface area contributed by atoms with E-state index in [-0.39, 0.29) is 0 Å². The van der Waals surface area contributed by atoms with E-state index in [1.165, 1.54) is 25.6 Å². The summed E-state index contributed by atoms with van der Waals surface area (Å²) in [6.45, 7) is 2.01. The Morgan fingerprint density at radius 1 is 1.03 bits per heavy atom. The van der Waals surface area contributed by atoms with Gasteiger partial charge in [-0.25, -0.2) is 10.2 Å². The zero-order valence-corrected chi connectivity index (χ0v) is 22.6. The first-order valence-corrected chi connectivity index (χ1v) is 12.9. The van der Waals surface area contributed by atoms with Crippen LogP contribution in [-0.2, 0) is 33.8 Å². The zero-order valence-electron chi connectivity index (χ0n) is 21.1. The van der Waals surface area contributed by atoms with Gasteiger partial charge in [0.25, 0.3) is 0 Å². The molecule has 1 aromatic heterocycles. The number of halogens is 1. The normalized spacial score (nSPS) is 12.5. The Kier molecular flexibility index (Phi) is 8.65. The monoisotopic (exact) mass is 555 g/mol. The van der Waals surface area contributed by atoms with E-state index in [2.05, 4.69) is 15.8 Å². The minimum atomic E-state index is -0.969. The highest BCUT2D eigenvalue weighted by molar-refractivity contribution is 7.17. The molecule has 2 amide bonds. The van der Waals surface area contributed by atoms with Gasteiger partial charge in [-0.1, -0.05) is 23.7 Å². The average Bonchev–Trinajstić information content (AvgIpc) is 3.51. The number of esters is 1. The quantitative estimate of drug-likeness (QED) is 0.179. The van der Waals surface area contributed by atoms with Crippen molar-refractivity contribution in [1.82, 2.24) is 5.43 Å². The van der Waals surface area contributed by atoms with Crippen molar-refractivity contribution < 1.29 is 28.6 Å². The van der Waals surface area contributed by atoms with E-state index in [9.17, 15) is 14.4 Å². The van der Waals surface area contributed by atoms with E-state index in [0.717, 1.165) is 35.3 Å². The maximum Gasteiger partial charge on any atom is 0.341 e. The van der Waals surface area contributed by atoms with Gasteiger partial charge in [-0.3, -0.25) is 9.59 Å². The van der Waals surface area contributed by atoms with Crippen molar-refractivity contribution in [3.05, 3.63) is 74.6 Å². The molecule has 0 atom stereocenters. The SMILES string of the molecule is COC(=O)c1c(NC(=O)C(=O)NN=C(C)c2ccc(OCc3ccc(Cl)cc3)c(OC)c2)sc2c1CCC2. The molecule has 198 valence electrons. The van der Waals surface area contributed by atoms with E-state index in [1.807, 2.05) is 12.1 Å². The molecule has 3 aromatic rings. The third kappa shape index (κ3) is 6.15. The number of aryl methyl sites for hydroxylation is 1. The molecular weight excluding hydrogens is 530 g/mol. The fraction of sp³-hybridized carbons (Fsp3) is 0.259. The number of hydrogen-bond donors (Lipinski definition) is 2. The molecule has 0 aliphatic heterocycles. The summed E-state index contributed by atoms with van der Waals surface area (Å²) < 4.78 is 16.2. The van der Waals surface area contributed by atoms with Crippen LogP contribution >= 0.6 is 22.9 Å². The van der Waals surface area contributed by atoms with Gasteiger partial charge in [0.05, 0.1) is 25.5 Å². The van der Waals surface area contributed by atoms with Crippen LogP contribution in [0.5, 0.6) is 11.5 Å². The molecule has 2 aromatic carbocycles. The molecule has 9 nitrogen and oxygen atoms in total. The maximum atomic E-state index is 12.5. The van der Waals surface area contributed by atoms with Crippen molar-refractivity contribution >= 4 is 51.4 Å². The number of thiophene rings is 1. The van der Waals surface area contributed by atoms with E-state index >= 15 is 0 Å². The smallest absolute Gasteiger partial charge is 0.341 e. The topological polar surface area (TPSA) is 115 Å². The van der Waals surface area contributed by atoms with Crippen molar-refractivity contribution in [3.8, 4) is 11.5 Å². The van der Waals surface area contributed by atoms with Gasteiger partial charge in [0.15, 0.2) is 11.5 Å². The van der Waals surface area contributed by atoms with Crippen molar-refractivity contribution in [2.45, 2.75) is 32.8 Å². The number of benzene rings is 2. The Labute approximate surface area is 228 Å². The minimum Gasteiger partial charge on any atom is -0.493 e. The highest BCUT2D eigenvalue weighted by Crippen LogP contribution is 2.39. The lowest BCUT2D eigenvalue weighted by atomic mass is 10.1. The summed E-state index contributed by atoms with van der Waals surface area (Å²) in [6, 6.07) is 12.6. The molecule has 0 saturated heterocycles. The predicted octanol–water partition coefficient (Wildman–Crippen LogP) is 4.74. The number of carbonyl (C=O) groups is 3. The number of fused-ring (bicyclic) bond motifs is 1. The Morgan fingerprint density at radius 2 is 1.79 bits per heavy atom. The number of hydrogen-bond acceptors (Lipinski definition) is 8. The van der Waals surface area contributed by atoms with E-state index < -0.39 is 17.8 Å². The number of anilines is 1. The van der Waals surface area contributed by atoms with Crippen LogP contribution in [-0.4, -0.2) is 37.7 Å². The number of amides is 2. The second-order valence-electron chi connectivity index (χ2n) is 8.43. The minimum absolute atomic E-state index is 0.307. The van der Waals surface area contributed by atoms with Crippen LogP contribution in [0.2, 0.25) is 5.02 Å². The fourth-order valence-electron chi connectivity index (χ4n) is 3.97. The number of ether oxygens (including phenoxy) is 3. The van der Waals surface area contributed by atoms with Gasteiger partial charge < -0.3 is 19.5 Å². The molecule has 2 N–H and O–H groups in total. The standard InChI is InChI=1S/C27H26ClN3O6S/c1-15(17-9-12-20(21(13-17)35-2)37-14-16-7-10-18(28)11-8-16)30-31-25(33)24(32)29-26-23(27(34)36-3)19-5-4-6-22(19)38-26/h7-13H,4-6,14H2,1-3H3,(H,29,32)(H,31,33). The summed E-state index contributed by atoms with van der Waals surface area (Å²) >= 11 is 7.21. The van der Waals surface area contributed by atoms with Gasteiger partial charge in [-0.15, -0.1) is 11.3 Å². The number of hydrazone groups is 1. The Balaban J connectivity index is 1.40. The van der Waals surface area contributed by atoms with E-state index in [4.69, 9.17) is 25.8 Å². The van der Waals surface area contributed by atoms with Crippen LogP contribution in [0.15, 0.2) is 47.6 Å². The molecule has 0 radical (unpaired) electrons. The molecule has 0 bridgehead atoms. The van der Waals surface area contributed by atoms with Gasteiger partial charge in [-0.2, -0.15) is 5.10 Å². The lowest BCUT2D eigenvalue weighted by Gasteiger charge is -2.12. The number of nitrogens with one attached hydrogen (secondary N) is 2. The highest BCUT2D eigenvalue weighted by atomic mass is 35.5. The molecule has 1 heterocycles. The van der Waals surface area contributed by atoms with Gasteiger partial charge >= 0.3 is 17.8 Å². The second-order valence-corrected chi connectivity index (χ2v) is 9.97. The molecule has 1 aliphatic carbocycles. The third-order valence-electron chi connectivity index (χ3n) is 5.96. The third-order valence-corrected chi connectivity index (χ3v) is 7.42. The van der Waals surface area contributed by atoms with Crippen LogP contribution in [0.25, 0.3) is 0 Å². The first-order valence-electron chi connectivity index (χ1n) is 11.7. The Bertz CT molecular complexity index is 1400. The lowest BCUT2D eigenvalue weighted by Crippen LogP contribution is -2.33. The van der Waals surface area contributed by atoms with E-state index in [1.54, 1.807) is 37.3 Å². The molecule has 11 heteroatoms. The largest absolute Gasteiger partial charge is 0.493 e. The average molecular weight is 556 g/mol. The molecule has 1 aliphatic rings.